The minimum Gasteiger partial charge on any atom is -0.379 e. The van der Waals surface area contributed by atoms with Gasteiger partial charge >= 0.3 is 0 Å². The summed E-state index contributed by atoms with van der Waals surface area (Å²) >= 11 is 0. The Morgan fingerprint density at radius 2 is 0.941 bits per heavy atom. The van der Waals surface area contributed by atoms with Crippen LogP contribution in [0.4, 0.5) is 0 Å². The molecule has 0 aromatic heterocycles. The summed E-state index contributed by atoms with van der Waals surface area (Å²) in [6, 6.07) is 8.14. The van der Waals surface area contributed by atoms with Gasteiger partial charge in [0.1, 0.15) is 0 Å². The third-order valence-corrected chi connectivity index (χ3v) is 7.34. The van der Waals surface area contributed by atoms with E-state index in [1.807, 2.05) is 0 Å². The number of hydrogen-bond donors (Lipinski definition) is 0. The second kappa shape index (κ2) is 22.5. The maximum absolute atomic E-state index is 11.9. The fourth-order valence-electron chi connectivity index (χ4n) is 3.93. The molecule has 0 saturated carbocycles. The van der Waals surface area contributed by atoms with Gasteiger partial charge in [0.25, 0.3) is 10.1 Å². The predicted octanol–water partition coefficient (Wildman–Crippen LogP) is 7.69. The molecule has 0 atom stereocenters. The van der Waals surface area contributed by atoms with Gasteiger partial charge in [0.2, 0.25) is 0 Å². The second-order valence-electron chi connectivity index (χ2n) is 9.12. The molecule has 1 aromatic rings. The van der Waals surface area contributed by atoms with Gasteiger partial charge in [-0.3, -0.25) is 4.18 Å². The fourth-order valence-corrected chi connectivity index (χ4v) is 4.85. The topological polar surface area (TPSA) is 61.8 Å². The van der Waals surface area contributed by atoms with E-state index in [1.54, 1.807) is 18.2 Å². The Labute approximate surface area is 210 Å². The molecule has 0 aliphatic carbocycles. The molecule has 0 aliphatic rings. The highest BCUT2D eigenvalue weighted by atomic mass is 32.2. The molecule has 5 nitrogen and oxygen atoms in total. The van der Waals surface area contributed by atoms with Crippen LogP contribution in [0.1, 0.15) is 110 Å². The molecule has 0 heterocycles. The van der Waals surface area contributed by atoms with Crippen molar-refractivity contribution in [2.45, 2.75) is 115 Å². The van der Waals surface area contributed by atoms with Crippen LogP contribution in [0.2, 0.25) is 0 Å². The predicted molar refractivity (Wildman–Crippen MR) is 141 cm³/mol. The Kier molecular flexibility index (Phi) is 20.6. The molecule has 1 rings (SSSR count). The SMILES string of the molecule is CCCCCCCCCCCCCCCCCCOCCOCCOS(=O)(=O)c1ccccc1. The summed E-state index contributed by atoms with van der Waals surface area (Å²) in [6.45, 7) is 4.27. The first kappa shape index (κ1) is 31.1. The Morgan fingerprint density at radius 1 is 0.529 bits per heavy atom. The Hall–Kier alpha value is -0.950. The van der Waals surface area contributed by atoms with E-state index < -0.39 is 10.1 Å². The maximum Gasteiger partial charge on any atom is 0.297 e. The minimum absolute atomic E-state index is 0.0103. The lowest BCUT2D eigenvalue weighted by Gasteiger charge is -2.07. The van der Waals surface area contributed by atoms with E-state index in [-0.39, 0.29) is 18.1 Å². The van der Waals surface area contributed by atoms with Crippen LogP contribution in [-0.4, -0.2) is 41.5 Å². The van der Waals surface area contributed by atoms with Crippen molar-refractivity contribution in [3.63, 3.8) is 0 Å². The van der Waals surface area contributed by atoms with Gasteiger partial charge in [0.15, 0.2) is 0 Å². The standard InChI is InChI=1S/C28H50O5S/c1-2-3-4-5-6-7-8-9-10-11-12-13-14-15-16-20-23-31-24-25-32-26-27-33-34(29,30)28-21-18-17-19-22-28/h17-19,21-22H,2-16,20,23-27H2,1H3. The van der Waals surface area contributed by atoms with E-state index in [0.29, 0.717) is 13.2 Å². The van der Waals surface area contributed by atoms with Crippen molar-refractivity contribution in [3.05, 3.63) is 30.3 Å². The summed E-state index contributed by atoms with van der Waals surface area (Å²) < 4.78 is 39.8. The highest BCUT2D eigenvalue weighted by molar-refractivity contribution is 7.86. The number of unbranched alkanes of at least 4 members (excludes halogenated alkanes) is 15. The van der Waals surface area contributed by atoms with E-state index in [1.165, 1.54) is 108 Å². The number of benzene rings is 1. The zero-order chi connectivity index (χ0) is 24.6. The third kappa shape index (κ3) is 18.4. The van der Waals surface area contributed by atoms with Gasteiger partial charge < -0.3 is 9.47 Å². The summed E-state index contributed by atoms with van der Waals surface area (Å²) in [4.78, 5) is 0.164. The molecule has 1 aromatic carbocycles. The van der Waals surface area contributed by atoms with Crippen LogP contribution in [-0.2, 0) is 23.8 Å². The lowest BCUT2D eigenvalue weighted by atomic mass is 10.0. The third-order valence-electron chi connectivity index (χ3n) is 6.01. The van der Waals surface area contributed by atoms with Crippen molar-refractivity contribution in [2.75, 3.05) is 33.0 Å². The average molecular weight is 499 g/mol. The van der Waals surface area contributed by atoms with Crippen LogP contribution >= 0.6 is 0 Å². The lowest BCUT2D eigenvalue weighted by Crippen LogP contribution is -2.13. The summed E-state index contributed by atoms with van der Waals surface area (Å²) in [5.41, 5.74) is 0. The Bertz CT molecular complexity index is 648. The molecular formula is C28H50O5S. The van der Waals surface area contributed by atoms with Gasteiger partial charge in [-0.1, -0.05) is 121 Å². The smallest absolute Gasteiger partial charge is 0.297 e. The van der Waals surface area contributed by atoms with Gasteiger partial charge in [-0.05, 0) is 18.6 Å². The highest BCUT2D eigenvalue weighted by Crippen LogP contribution is 2.14. The molecule has 0 fully saturated rings. The summed E-state index contributed by atoms with van der Waals surface area (Å²) in [7, 11) is -3.70. The van der Waals surface area contributed by atoms with E-state index in [4.69, 9.17) is 13.7 Å². The molecule has 0 radical (unpaired) electrons. The number of hydrogen-bond acceptors (Lipinski definition) is 5. The first-order valence-corrected chi connectivity index (χ1v) is 15.2. The zero-order valence-corrected chi connectivity index (χ0v) is 22.5. The summed E-state index contributed by atoms with van der Waals surface area (Å²) in [5.74, 6) is 0. The van der Waals surface area contributed by atoms with Crippen molar-refractivity contribution in [1.82, 2.24) is 0 Å². The van der Waals surface area contributed by atoms with E-state index >= 15 is 0 Å². The first-order valence-electron chi connectivity index (χ1n) is 13.8. The molecule has 0 N–H and O–H groups in total. The highest BCUT2D eigenvalue weighted by Gasteiger charge is 2.13. The van der Waals surface area contributed by atoms with Crippen LogP contribution in [0.25, 0.3) is 0 Å². The van der Waals surface area contributed by atoms with Gasteiger partial charge in [0, 0.05) is 6.61 Å². The monoisotopic (exact) mass is 498 g/mol. The van der Waals surface area contributed by atoms with Gasteiger partial charge in [-0.15, -0.1) is 0 Å². The summed E-state index contributed by atoms with van der Waals surface area (Å²) in [5, 5.41) is 0. The minimum atomic E-state index is -3.70. The molecule has 198 valence electrons. The first-order chi connectivity index (χ1) is 16.7. The van der Waals surface area contributed by atoms with Gasteiger partial charge in [-0.25, -0.2) is 0 Å². The van der Waals surface area contributed by atoms with Crippen molar-refractivity contribution >= 4 is 10.1 Å². The van der Waals surface area contributed by atoms with Crippen LogP contribution in [0.3, 0.4) is 0 Å². The molecule has 34 heavy (non-hydrogen) atoms. The van der Waals surface area contributed by atoms with E-state index in [0.717, 1.165) is 13.0 Å². The van der Waals surface area contributed by atoms with Crippen LogP contribution in [0.15, 0.2) is 35.2 Å². The molecule has 6 heteroatoms. The molecule has 0 amide bonds. The largest absolute Gasteiger partial charge is 0.379 e. The van der Waals surface area contributed by atoms with Gasteiger partial charge in [-0.2, -0.15) is 8.42 Å². The average Bonchev–Trinajstić information content (AvgIpc) is 2.85. The van der Waals surface area contributed by atoms with Crippen LogP contribution in [0, 0.1) is 0 Å². The Morgan fingerprint density at radius 3 is 1.44 bits per heavy atom. The molecule has 0 spiro atoms. The van der Waals surface area contributed by atoms with E-state index in [9.17, 15) is 8.42 Å². The molecular weight excluding hydrogens is 448 g/mol. The molecule has 0 unspecified atom stereocenters. The zero-order valence-electron chi connectivity index (χ0n) is 21.7. The molecule has 0 aliphatic heterocycles. The fraction of sp³-hybridized carbons (Fsp3) is 0.786. The number of ether oxygens (including phenoxy) is 2. The maximum atomic E-state index is 11.9. The van der Waals surface area contributed by atoms with Crippen molar-refractivity contribution in [2.24, 2.45) is 0 Å². The normalized spacial score (nSPS) is 11.8. The quantitative estimate of drug-likeness (QED) is 0.102. The molecule has 0 saturated heterocycles. The van der Waals surface area contributed by atoms with E-state index in [2.05, 4.69) is 6.92 Å². The van der Waals surface area contributed by atoms with Crippen LogP contribution in [0.5, 0.6) is 0 Å². The Balaban J connectivity index is 1.74. The lowest BCUT2D eigenvalue weighted by molar-refractivity contribution is 0.0359. The van der Waals surface area contributed by atoms with Crippen molar-refractivity contribution in [3.8, 4) is 0 Å². The van der Waals surface area contributed by atoms with Crippen LogP contribution < -0.4 is 0 Å². The summed E-state index contributed by atoms with van der Waals surface area (Å²) in [6.07, 6.45) is 21.9. The van der Waals surface area contributed by atoms with Crippen molar-refractivity contribution < 1.29 is 22.1 Å². The van der Waals surface area contributed by atoms with Gasteiger partial charge in [0.05, 0.1) is 31.3 Å². The second-order valence-corrected chi connectivity index (χ2v) is 10.7. The van der Waals surface area contributed by atoms with Crippen molar-refractivity contribution in [1.29, 1.82) is 0 Å². The molecule has 0 bridgehead atoms. The number of rotatable bonds is 25.